The summed E-state index contributed by atoms with van der Waals surface area (Å²) in [6, 6.07) is 12.0. The molecule has 1 aliphatic heterocycles. The van der Waals surface area contributed by atoms with Gasteiger partial charge in [0.2, 0.25) is 0 Å². The van der Waals surface area contributed by atoms with E-state index in [9.17, 15) is 0 Å². The molecule has 1 heterocycles. The van der Waals surface area contributed by atoms with Gasteiger partial charge in [0, 0.05) is 28.3 Å². The van der Waals surface area contributed by atoms with E-state index in [4.69, 9.17) is 14.2 Å². The van der Waals surface area contributed by atoms with Gasteiger partial charge >= 0.3 is 0 Å². The Labute approximate surface area is 144 Å². The van der Waals surface area contributed by atoms with Crippen molar-refractivity contribution in [3.8, 4) is 17.2 Å². The summed E-state index contributed by atoms with van der Waals surface area (Å²) in [6.45, 7) is 5.92. The highest BCUT2D eigenvalue weighted by molar-refractivity contribution is 9.10. The molecule has 0 atom stereocenters. The van der Waals surface area contributed by atoms with Crippen LogP contribution in [0.25, 0.3) is 0 Å². The molecule has 0 saturated heterocycles. The number of halogens is 1. The van der Waals surface area contributed by atoms with Crippen LogP contribution in [0.5, 0.6) is 17.2 Å². The Bertz CT molecular complexity index is 688. The molecule has 0 spiro atoms. The molecule has 0 unspecified atom stereocenters. The Balaban J connectivity index is 1.74. The zero-order valence-corrected chi connectivity index (χ0v) is 14.9. The van der Waals surface area contributed by atoms with Crippen LogP contribution in [0.4, 0.5) is 5.69 Å². The molecule has 122 valence electrons. The third kappa shape index (κ3) is 4.10. The van der Waals surface area contributed by atoms with Crippen LogP contribution in [-0.4, -0.2) is 19.3 Å². The van der Waals surface area contributed by atoms with Gasteiger partial charge in [-0.15, -0.1) is 0 Å². The highest BCUT2D eigenvalue weighted by Crippen LogP contribution is 2.33. The molecule has 0 radical (unpaired) electrons. The van der Waals surface area contributed by atoms with E-state index in [0.29, 0.717) is 19.8 Å². The number of fused-ring (bicyclic) bond motifs is 1. The first-order valence-corrected chi connectivity index (χ1v) is 8.50. The fourth-order valence-corrected chi connectivity index (χ4v) is 2.81. The fourth-order valence-electron chi connectivity index (χ4n) is 2.41. The normalized spacial score (nSPS) is 13.0. The highest BCUT2D eigenvalue weighted by atomic mass is 79.9. The summed E-state index contributed by atoms with van der Waals surface area (Å²) in [7, 11) is 0. The third-order valence-electron chi connectivity index (χ3n) is 3.41. The minimum atomic E-state index is 0.143. The van der Waals surface area contributed by atoms with Gasteiger partial charge in [0.25, 0.3) is 0 Å². The summed E-state index contributed by atoms with van der Waals surface area (Å²) in [5.41, 5.74) is 2.09. The molecule has 0 bridgehead atoms. The Morgan fingerprint density at radius 2 is 1.87 bits per heavy atom. The molecular weight excluding hydrogens is 358 g/mol. The summed E-state index contributed by atoms with van der Waals surface area (Å²) in [6.07, 6.45) is 0.143. The van der Waals surface area contributed by atoms with Crippen LogP contribution in [0.2, 0.25) is 0 Å². The zero-order valence-electron chi connectivity index (χ0n) is 13.3. The second-order valence-electron chi connectivity index (χ2n) is 5.63. The molecule has 5 heteroatoms. The predicted molar refractivity (Wildman–Crippen MR) is 94.7 cm³/mol. The lowest BCUT2D eigenvalue weighted by molar-refractivity contribution is 0.171. The van der Waals surface area contributed by atoms with E-state index < -0.39 is 0 Å². The van der Waals surface area contributed by atoms with Gasteiger partial charge in [-0.1, -0.05) is 15.9 Å². The van der Waals surface area contributed by atoms with Gasteiger partial charge < -0.3 is 19.5 Å². The lowest BCUT2D eigenvalue weighted by atomic mass is 10.2. The largest absolute Gasteiger partial charge is 0.491 e. The quantitative estimate of drug-likeness (QED) is 0.824. The topological polar surface area (TPSA) is 39.7 Å². The minimum absolute atomic E-state index is 0.143. The molecule has 0 aliphatic carbocycles. The van der Waals surface area contributed by atoms with Gasteiger partial charge in [-0.2, -0.15) is 0 Å². The summed E-state index contributed by atoms with van der Waals surface area (Å²) < 4.78 is 18.1. The Kier molecular flexibility index (Phi) is 4.96. The smallest absolute Gasteiger partial charge is 0.163 e. The van der Waals surface area contributed by atoms with Gasteiger partial charge in [-0.25, -0.2) is 0 Å². The molecule has 1 N–H and O–H groups in total. The Morgan fingerprint density at radius 3 is 2.65 bits per heavy atom. The average Bonchev–Trinajstić information content (AvgIpc) is 2.54. The van der Waals surface area contributed by atoms with Gasteiger partial charge in [0.1, 0.15) is 19.0 Å². The fraction of sp³-hybridized carbons (Fsp3) is 0.333. The van der Waals surface area contributed by atoms with Gasteiger partial charge in [0.05, 0.1) is 6.10 Å². The van der Waals surface area contributed by atoms with E-state index in [-0.39, 0.29) is 6.10 Å². The molecule has 2 aromatic carbocycles. The van der Waals surface area contributed by atoms with E-state index in [1.54, 1.807) is 0 Å². The number of rotatable bonds is 5. The second-order valence-corrected chi connectivity index (χ2v) is 6.55. The standard InChI is InChI=1S/C18H20BrNO3/c1-12(2)23-16-5-3-14(19)9-13(16)11-20-15-4-6-17-18(10-15)22-8-7-21-17/h3-6,9-10,12,20H,7-8,11H2,1-2H3. The molecule has 0 saturated carbocycles. The molecule has 0 aromatic heterocycles. The van der Waals surface area contributed by atoms with Crippen LogP contribution in [0.15, 0.2) is 40.9 Å². The first kappa shape index (κ1) is 16.0. The molecule has 0 amide bonds. The summed E-state index contributed by atoms with van der Waals surface area (Å²) >= 11 is 3.52. The predicted octanol–water partition coefficient (Wildman–Crippen LogP) is 4.62. The van der Waals surface area contributed by atoms with Gasteiger partial charge in [0.15, 0.2) is 11.5 Å². The van der Waals surface area contributed by atoms with Crippen LogP contribution in [0, 0.1) is 0 Å². The van der Waals surface area contributed by atoms with Crippen molar-refractivity contribution in [3.63, 3.8) is 0 Å². The van der Waals surface area contributed by atoms with Crippen molar-refractivity contribution in [3.05, 3.63) is 46.4 Å². The van der Waals surface area contributed by atoms with Crippen LogP contribution >= 0.6 is 15.9 Å². The number of benzene rings is 2. The van der Waals surface area contributed by atoms with Crippen molar-refractivity contribution in [2.75, 3.05) is 18.5 Å². The average molecular weight is 378 g/mol. The number of nitrogens with one attached hydrogen (secondary N) is 1. The lowest BCUT2D eigenvalue weighted by Crippen LogP contribution is -2.15. The van der Waals surface area contributed by atoms with E-state index in [0.717, 1.165) is 33.0 Å². The summed E-state index contributed by atoms with van der Waals surface area (Å²) in [4.78, 5) is 0. The van der Waals surface area contributed by atoms with Crippen molar-refractivity contribution in [1.29, 1.82) is 0 Å². The van der Waals surface area contributed by atoms with Crippen LogP contribution in [0.3, 0.4) is 0 Å². The van der Waals surface area contributed by atoms with Gasteiger partial charge in [-0.05, 0) is 44.2 Å². The number of ether oxygens (including phenoxy) is 3. The maximum Gasteiger partial charge on any atom is 0.163 e. The molecule has 23 heavy (non-hydrogen) atoms. The SMILES string of the molecule is CC(C)Oc1ccc(Br)cc1CNc1ccc2c(c1)OCCO2. The van der Waals surface area contributed by atoms with Crippen molar-refractivity contribution >= 4 is 21.6 Å². The van der Waals surface area contributed by atoms with Crippen LogP contribution in [0.1, 0.15) is 19.4 Å². The molecule has 0 fully saturated rings. The molecular formula is C18H20BrNO3. The molecule has 4 nitrogen and oxygen atoms in total. The maximum atomic E-state index is 5.87. The van der Waals surface area contributed by atoms with E-state index in [1.165, 1.54) is 0 Å². The van der Waals surface area contributed by atoms with Crippen LogP contribution < -0.4 is 19.5 Å². The molecule has 3 rings (SSSR count). The number of hydrogen-bond acceptors (Lipinski definition) is 4. The van der Waals surface area contributed by atoms with Crippen molar-refractivity contribution in [2.45, 2.75) is 26.5 Å². The number of hydrogen-bond donors (Lipinski definition) is 1. The second kappa shape index (κ2) is 7.13. The maximum absolute atomic E-state index is 5.87. The lowest BCUT2D eigenvalue weighted by Gasteiger charge is -2.19. The first-order valence-electron chi connectivity index (χ1n) is 7.70. The summed E-state index contributed by atoms with van der Waals surface area (Å²) in [5, 5.41) is 3.42. The molecule has 2 aromatic rings. The zero-order chi connectivity index (χ0) is 16.2. The summed E-state index contributed by atoms with van der Waals surface area (Å²) in [5.74, 6) is 2.48. The first-order chi connectivity index (χ1) is 11.1. The van der Waals surface area contributed by atoms with E-state index in [2.05, 4.69) is 27.3 Å². The monoisotopic (exact) mass is 377 g/mol. The van der Waals surface area contributed by atoms with Crippen molar-refractivity contribution in [2.24, 2.45) is 0 Å². The minimum Gasteiger partial charge on any atom is -0.491 e. The highest BCUT2D eigenvalue weighted by Gasteiger charge is 2.12. The van der Waals surface area contributed by atoms with Crippen molar-refractivity contribution in [1.82, 2.24) is 0 Å². The Hall–Kier alpha value is -1.88. The van der Waals surface area contributed by atoms with E-state index >= 15 is 0 Å². The Morgan fingerprint density at radius 1 is 1.09 bits per heavy atom. The number of anilines is 1. The van der Waals surface area contributed by atoms with Crippen molar-refractivity contribution < 1.29 is 14.2 Å². The van der Waals surface area contributed by atoms with E-state index in [1.807, 2.05) is 44.2 Å². The van der Waals surface area contributed by atoms with Gasteiger partial charge in [-0.3, -0.25) is 0 Å². The van der Waals surface area contributed by atoms with Crippen LogP contribution in [-0.2, 0) is 6.54 Å². The molecule has 1 aliphatic rings. The third-order valence-corrected chi connectivity index (χ3v) is 3.90.